The van der Waals surface area contributed by atoms with Crippen LogP contribution in [-0.2, 0) is 0 Å². The van der Waals surface area contributed by atoms with Gasteiger partial charge in [-0.1, -0.05) is 63.2 Å². The zero-order chi connectivity index (χ0) is 9.84. The van der Waals surface area contributed by atoms with Crippen LogP contribution >= 0.6 is 0 Å². The molecule has 0 saturated carbocycles. The summed E-state index contributed by atoms with van der Waals surface area (Å²) in [5, 5.41) is 1.58. The molecule has 0 nitrogen and oxygen atoms in total. The molecular formula is C12H20FSi. The number of hydrogen-bond acceptors (Lipinski definition) is 0. The molecule has 0 bridgehead atoms. The molecule has 79 valence electrons. The zero-order valence-corrected chi connectivity index (χ0v) is 10.4. The van der Waals surface area contributed by atoms with Crippen LogP contribution in [0.4, 0.5) is 4.70 Å². The summed E-state index contributed by atoms with van der Waals surface area (Å²) < 4.78 is 0. The van der Waals surface area contributed by atoms with Gasteiger partial charge < -0.3 is 0 Å². The van der Waals surface area contributed by atoms with Gasteiger partial charge in [-0.3, -0.25) is 4.70 Å². The highest BCUT2D eigenvalue weighted by Crippen LogP contribution is 2.19. The number of hydrogen-bond donors (Lipinski definition) is 0. The highest BCUT2D eigenvalue weighted by Gasteiger charge is 2.21. The molecule has 0 N–H and O–H groups in total. The molecule has 1 radical (unpaired) electrons. The first kappa shape index (κ1) is 13.4. The lowest BCUT2D eigenvalue weighted by molar-refractivity contribution is 0.951. The summed E-state index contributed by atoms with van der Waals surface area (Å²) in [6.07, 6.45) is 0. The van der Waals surface area contributed by atoms with E-state index in [1.54, 1.807) is 5.19 Å². The topological polar surface area (TPSA) is 0 Å². The SMILES string of the molecule is CC(C)[Si](c1ccccc1)C(C)C.F. The monoisotopic (exact) mass is 211 g/mol. The minimum Gasteiger partial charge on any atom is -0.269 e. The van der Waals surface area contributed by atoms with Gasteiger partial charge in [-0.05, 0) is 11.1 Å². The molecule has 0 aliphatic carbocycles. The molecule has 0 atom stereocenters. The van der Waals surface area contributed by atoms with Crippen LogP contribution in [0.2, 0.25) is 11.1 Å². The lowest BCUT2D eigenvalue weighted by atomic mass is 10.4. The third-order valence-corrected chi connectivity index (χ3v) is 5.84. The van der Waals surface area contributed by atoms with Gasteiger partial charge in [-0.15, -0.1) is 0 Å². The molecule has 0 aromatic heterocycles. The van der Waals surface area contributed by atoms with E-state index in [1.165, 1.54) is 0 Å². The number of halogens is 1. The maximum absolute atomic E-state index is 2.35. The first-order valence-corrected chi connectivity index (χ1v) is 6.70. The van der Waals surface area contributed by atoms with E-state index in [0.29, 0.717) is 0 Å². The molecule has 0 aliphatic rings. The quantitative estimate of drug-likeness (QED) is 0.673. The minimum atomic E-state index is -0.356. The summed E-state index contributed by atoms with van der Waals surface area (Å²) in [7, 11) is -0.356. The first-order chi connectivity index (χ1) is 6.13. The van der Waals surface area contributed by atoms with E-state index in [2.05, 4.69) is 58.0 Å². The van der Waals surface area contributed by atoms with E-state index in [0.717, 1.165) is 11.1 Å². The van der Waals surface area contributed by atoms with Gasteiger partial charge in [0.2, 0.25) is 0 Å². The third kappa shape index (κ3) is 3.26. The van der Waals surface area contributed by atoms with Crippen LogP contribution < -0.4 is 5.19 Å². The van der Waals surface area contributed by atoms with Crippen molar-refractivity contribution in [2.24, 2.45) is 0 Å². The Balaban J connectivity index is 0.00000169. The van der Waals surface area contributed by atoms with E-state index in [1.807, 2.05) is 0 Å². The first-order valence-electron chi connectivity index (χ1n) is 5.05. The van der Waals surface area contributed by atoms with Gasteiger partial charge in [0.25, 0.3) is 0 Å². The molecule has 2 heteroatoms. The Kier molecular flexibility index (Phi) is 5.70. The Morgan fingerprint density at radius 3 is 1.64 bits per heavy atom. The molecular weight excluding hydrogens is 191 g/mol. The van der Waals surface area contributed by atoms with Gasteiger partial charge in [-0.2, -0.15) is 0 Å². The van der Waals surface area contributed by atoms with Crippen LogP contribution in [0.25, 0.3) is 0 Å². The smallest absolute Gasteiger partial charge is 0.0910 e. The Labute approximate surface area is 88.3 Å². The van der Waals surface area contributed by atoms with Crippen molar-refractivity contribution in [1.82, 2.24) is 0 Å². The van der Waals surface area contributed by atoms with Crippen molar-refractivity contribution in [2.45, 2.75) is 38.8 Å². The molecule has 1 aromatic rings. The van der Waals surface area contributed by atoms with Crippen molar-refractivity contribution in [3.63, 3.8) is 0 Å². The van der Waals surface area contributed by atoms with E-state index in [4.69, 9.17) is 0 Å². The predicted octanol–water partition coefficient (Wildman–Crippen LogP) is 3.36. The van der Waals surface area contributed by atoms with Gasteiger partial charge in [0.15, 0.2) is 0 Å². The number of benzene rings is 1. The van der Waals surface area contributed by atoms with E-state index in [9.17, 15) is 0 Å². The Hall–Kier alpha value is -0.633. The van der Waals surface area contributed by atoms with Crippen LogP contribution in [-0.4, -0.2) is 8.80 Å². The molecule has 0 spiro atoms. The van der Waals surface area contributed by atoms with E-state index >= 15 is 0 Å². The highest BCUT2D eigenvalue weighted by molar-refractivity contribution is 6.75. The average molecular weight is 211 g/mol. The van der Waals surface area contributed by atoms with Gasteiger partial charge in [0.05, 0.1) is 8.80 Å². The van der Waals surface area contributed by atoms with Crippen molar-refractivity contribution >= 4 is 14.0 Å². The van der Waals surface area contributed by atoms with Crippen molar-refractivity contribution in [3.05, 3.63) is 30.3 Å². The van der Waals surface area contributed by atoms with Crippen LogP contribution in [0.3, 0.4) is 0 Å². The maximum Gasteiger partial charge on any atom is 0.0910 e. The van der Waals surface area contributed by atoms with E-state index < -0.39 is 0 Å². The summed E-state index contributed by atoms with van der Waals surface area (Å²) in [5.74, 6) is 0. The van der Waals surface area contributed by atoms with Crippen LogP contribution in [0.1, 0.15) is 27.7 Å². The number of rotatable bonds is 3. The average Bonchev–Trinajstić information content (AvgIpc) is 2.04. The fourth-order valence-electron chi connectivity index (χ4n) is 1.96. The molecule has 14 heavy (non-hydrogen) atoms. The summed E-state index contributed by atoms with van der Waals surface area (Å²) in [5.41, 5.74) is 1.65. The standard InChI is InChI=1S/C12H19Si.FH/c1-10(2)13(11(3)4)12-8-6-5-7-9-12;/h5-11H,1-4H3;1H. The van der Waals surface area contributed by atoms with Gasteiger partial charge in [-0.25, -0.2) is 0 Å². The Morgan fingerprint density at radius 2 is 1.29 bits per heavy atom. The molecule has 0 saturated heterocycles. The minimum absolute atomic E-state index is 0. The predicted molar refractivity (Wildman–Crippen MR) is 64.5 cm³/mol. The fourth-order valence-corrected chi connectivity index (χ4v) is 5.21. The molecule has 0 amide bonds. The third-order valence-electron chi connectivity index (χ3n) is 2.35. The summed E-state index contributed by atoms with van der Waals surface area (Å²) in [4.78, 5) is 0. The van der Waals surface area contributed by atoms with Crippen molar-refractivity contribution in [1.29, 1.82) is 0 Å². The second-order valence-electron chi connectivity index (χ2n) is 4.13. The normalized spacial score (nSPS) is 10.8. The molecule has 0 fully saturated rings. The van der Waals surface area contributed by atoms with Crippen molar-refractivity contribution in [3.8, 4) is 0 Å². The van der Waals surface area contributed by atoms with Gasteiger partial charge >= 0.3 is 0 Å². The molecule has 0 unspecified atom stereocenters. The van der Waals surface area contributed by atoms with Crippen LogP contribution in [0, 0.1) is 0 Å². The highest BCUT2D eigenvalue weighted by atomic mass is 28.3. The second kappa shape index (κ2) is 5.97. The Morgan fingerprint density at radius 1 is 0.857 bits per heavy atom. The summed E-state index contributed by atoms with van der Waals surface area (Å²) in [6, 6.07) is 11.0. The molecule has 1 rings (SSSR count). The van der Waals surface area contributed by atoms with Crippen LogP contribution in [0.5, 0.6) is 0 Å². The Bertz CT molecular complexity index is 236. The fraction of sp³-hybridized carbons (Fsp3) is 0.500. The second-order valence-corrected chi connectivity index (χ2v) is 7.93. The maximum atomic E-state index is 2.35. The lowest BCUT2D eigenvalue weighted by Gasteiger charge is -2.22. The van der Waals surface area contributed by atoms with Gasteiger partial charge in [0.1, 0.15) is 0 Å². The zero-order valence-electron chi connectivity index (χ0n) is 9.45. The molecule has 0 heterocycles. The van der Waals surface area contributed by atoms with Crippen molar-refractivity contribution in [2.75, 3.05) is 0 Å². The largest absolute Gasteiger partial charge is 0.269 e. The molecule has 0 aliphatic heterocycles. The van der Waals surface area contributed by atoms with E-state index in [-0.39, 0.29) is 13.5 Å². The lowest BCUT2D eigenvalue weighted by Crippen LogP contribution is -2.35. The van der Waals surface area contributed by atoms with Crippen LogP contribution in [0.15, 0.2) is 30.3 Å². The van der Waals surface area contributed by atoms with Crippen molar-refractivity contribution < 1.29 is 4.70 Å². The summed E-state index contributed by atoms with van der Waals surface area (Å²) >= 11 is 0. The molecule has 1 aromatic carbocycles. The van der Waals surface area contributed by atoms with Gasteiger partial charge in [0, 0.05) is 0 Å². The summed E-state index contributed by atoms with van der Waals surface area (Å²) in [6.45, 7) is 9.39.